The largest absolute Gasteiger partial charge is 0.358 e. The van der Waals surface area contributed by atoms with E-state index in [1.165, 1.54) is 58.8 Å². The summed E-state index contributed by atoms with van der Waals surface area (Å²) < 4.78 is 40.6. The van der Waals surface area contributed by atoms with E-state index >= 15 is 0 Å². The molecule has 0 radical (unpaired) electrons. The lowest BCUT2D eigenvalue weighted by Gasteiger charge is -2.22. The van der Waals surface area contributed by atoms with Gasteiger partial charge in [-0.15, -0.1) is 0 Å². The molecule has 362 valence electrons. The van der Waals surface area contributed by atoms with Gasteiger partial charge in [-0.25, -0.2) is 4.57 Å². The molecule has 4 aromatic carbocycles. The Balaban J connectivity index is 0.000000251. The quantitative estimate of drug-likeness (QED) is 0.0448. The highest BCUT2D eigenvalue weighted by molar-refractivity contribution is 8.04. The zero-order valence-electron chi connectivity index (χ0n) is 41.3. The van der Waals surface area contributed by atoms with Crippen LogP contribution < -0.4 is 18.9 Å². The van der Waals surface area contributed by atoms with E-state index in [1.807, 2.05) is 13.8 Å². The number of aromatic nitrogens is 2. The summed E-state index contributed by atoms with van der Waals surface area (Å²) in [5, 5.41) is 3.64. The number of anilines is 2. The Morgan fingerprint density at radius 1 is 0.632 bits per heavy atom. The molecular weight excluding hydrogens is 921 g/mol. The predicted octanol–water partition coefficient (Wildman–Crippen LogP) is 13.1. The second kappa shape index (κ2) is 26.0. The Hall–Kier alpha value is -4.44. The van der Waals surface area contributed by atoms with Gasteiger partial charge in [0.05, 0.1) is 46.6 Å². The van der Waals surface area contributed by atoms with Gasteiger partial charge in [0.25, 0.3) is 0 Å². The first kappa shape index (κ1) is 54.5. The molecule has 0 aliphatic carbocycles. The highest BCUT2D eigenvalue weighted by Crippen LogP contribution is 2.49. The topological polar surface area (TPSA) is 70.1 Å². The van der Waals surface area contributed by atoms with Crippen LogP contribution in [0.2, 0.25) is 0 Å². The first-order chi connectivity index (χ1) is 31.9. The number of rotatable bonds is 19. The molecule has 0 saturated carbocycles. The molecule has 4 heterocycles. The maximum Gasteiger partial charge on any atom is 0.213 e. The Morgan fingerprint density at radius 2 is 1.15 bits per heavy atom. The van der Waals surface area contributed by atoms with Gasteiger partial charge in [0.2, 0.25) is 5.52 Å². The van der Waals surface area contributed by atoms with Crippen molar-refractivity contribution in [1.82, 2.24) is 4.90 Å². The number of nitrogens with zero attached hydrogens (tertiary/aromatic N) is 5. The Bertz CT molecular complexity index is 2720. The van der Waals surface area contributed by atoms with Crippen molar-refractivity contribution in [3.63, 3.8) is 0 Å². The SMILES string of the molecule is CCOP(C)(=O)CCCN1C(=Cc2cc[n+](CCN(C)C)cc2)Sc2ccccc21.CCOP(C)(=O)CCCN1C(=Cc2cc[n+](Cc3ccccc3)c3ccccc23)Sc2ccccc21.[CH3-].[CH3-]. The van der Waals surface area contributed by atoms with Gasteiger partial charge in [-0.2, -0.15) is 4.57 Å². The van der Waals surface area contributed by atoms with Gasteiger partial charge in [0, 0.05) is 78.4 Å². The van der Waals surface area contributed by atoms with Gasteiger partial charge < -0.3 is 38.6 Å². The molecule has 0 amide bonds. The fourth-order valence-electron chi connectivity index (χ4n) is 8.15. The second-order valence-electron chi connectivity index (χ2n) is 17.0. The molecule has 2 unspecified atom stereocenters. The number of thioether (sulfide) groups is 2. The Labute approximate surface area is 416 Å². The van der Waals surface area contributed by atoms with Crippen molar-refractivity contribution in [3.8, 4) is 0 Å². The number of para-hydroxylation sites is 3. The molecule has 0 spiro atoms. The first-order valence-corrected chi connectivity index (χ1v) is 29.1. The maximum absolute atomic E-state index is 12.7. The van der Waals surface area contributed by atoms with Crippen LogP contribution >= 0.6 is 38.3 Å². The van der Waals surface area contributed by atoms with Crippen LogP contribution in [0, 0.1) is 14.9 Å². The summed E-state index contributed by atoms with van der Waals surface area (Å²) >= 11 is 3.60. The van der Waals surface area contributed by atoms with Gasteiger partial charge in [-0.05, 0) is 94.4 Å². The molecule has 0 N–H and O–H groups in total. The summed E-state index contributed by atoms with van der Waals surface area (Å²) in [5.74, 6) is 0. The molecule has 9 nitrogen and oxygen atoms in total. The molecule has 2 atom stereocenters. The summed E-state index contributed by atoms with van der Waals surface area (Å²) in [4.78, 5) is 9.43. The van der Waals surface area contributed by atoms with Crippen LogP contribution in [-0.2, 0) is 31.3 Å². The van der Waals surface area contributed by atoms with Crippen molar-refractivity contribution in [2.45, 2.75) is 49.6 Å². The standard InChI is InChI=1S/C30H32N2O2PS.C23H33N3O2PS.2CH3/c1-3-34-35(2,33)21-11-19-32-28-16-9-10-17-29(28)36-30(32)22-25-18-20-31(23-24-12-5-4-6-13-24)27-15-8-7-14-26(25)27;1-5-28-29(4,27)18-8-13-26-21-9-6-7-10-22(21)30-23(26)19-20-11-14-25(15-12-20)17-16-24(2)3;;/h4-10,12-18,20,22H,3,11,19,21,23H2,1-2H3;6-7,9-12,14-15,19H,5,8,13,16-18H2,1-4H3;2*1H3/q2*+1;2*-1. The third-order valence-electron chi connectivity index (χ3n) is 11.4. The van der Waals surface area contributed by atoms with Crippen molar-refractivity contribution < 1.29 is 27.3 Å². The van der Waals surface area contributed by atoms with E-state index in [2.05, 4.69) is 190 Å². The van der Waals surface area contributed by atoms with Crippen molar-refractivity contribution in [2.75, 3.05) is 82.4 Å². The van der Waals surface area contributed by atoms with E-state index in [1.54, 1.807) is 36.9 Å². The number of hydrogen-bond donors (Lipinski definition) is 0. The van der Waals surface area contributed by atoms with E-state index < -0.39 is 14.7 Å². The average molecular weight is 992 g/mol. The number of benzene rings is 4. The first-order valence-electron chi connectivity index (χ1n) is 23.0. The van der Waals surface area contributed by atoms with E-state index in [0.29, 0.717) is 25.5 Å². The van der Waals surface area contributed by atoms with Crippen LogP contribution in [0.3, 0.4) is 0 Å². The van der Waals surface area contributed by atoms with E-state index in [0.717, 1.165) is 45.6 Å². The van der Waals surface area contributed by atoms with Gasteiger partial charge >= 0.3 is 0 Å². The molecule has 8 rings (SSSR count). The molecule has 6 aromatic rings. The third-order valence-corrected chi connectivity index (χ3v) is 17.5. The summed E-state index contributed by atoms with van der Waals surface area (Å²) in [6, 6.07) is 42.8. The lowest BCUT2D eigenvalue weighted by molar-refractivity contribution is -0.696. The molecule has 2 aliphatic heterocycles. The minimum Gasteiger partial charge on any atom is -0.358 e. The minimum absolute atomic E-state index is 0. The number of hydrogen-bond acceptors (Lipinski definition) is 9. The van der Waals surface area contributed by atoms with E-state index in [-0.39, 0.29) is 14.9 Å². The third kappa shape index (κ3) is 15.0. The van der Waals surface area contributed by atoms with Gasteiger partial charge in [0.1, 0.15) is 0 Å². The van der Waals surface area contributed by atoms with Crippen LogP contribution in [0.5, 0.6) is 0 Å². The van der Waals surface area contributed by atoms with Crippen LogP contribution in [0.1, 0.15) is 43.4 Å². The molecule has 2 aromatic heterocycles. The molecule has 68 heavy (non-hydrogen) atoms. The molecular formula is C55H71N5O4P2S2. The van der Waals surface area contributed by atoms with Crippen molar-refractivity contribution in [3.05, 3.63) is 182 Å². The minimum atomic E-state index is -2.54. The van der Waals surface area contributed by atoms with Crippen molar-refractivity contribution in [1.29, 1.82) is 0 Å². The molecule has 0 saturated heterocycles. The average Bonchev–Trinajstić information content (AvgIpc) is 3.83. The van der Waals surface area contributed by atoms with E-state index in [4.69, 9.17) is 9.05 Å². The highest BCUT2D eigenvalue weighted by Gasteiger charge is 2.28. The fraction of sp³-hybridized carbons (Fsp3) is 0.309. The number of pyridine rings is 2. The Morgan fingerprint density at radius 3 is 1.71 bits per heavy atom. The second-order valence-corrected chi connectivity index (χ2v) is 24.6. The summed E-state index contributed by atoms with van der Waals surface area (Å²) in [6.07, 6.45) is 13.9. The van der Waals surface area contributed by atoms with Gasteiger partial charge in [-0.1, -0.05) is 90.3 Å². The summed E-state index contributed by atoms with van der Waals surface area (Å²) in [7, 11) is -0.858. The van der Waals surface area contributed by atoms with E-state index in [9.17, 15) is 9.13 Å². The Kier molecular flexibility index (Phi) is 20.8. The monoisotopic (exact) mass is 991 g/mol. The lowest BCUT2D eigenvalue weighted by Crippen LogP contribution is -2.37. The normalized spacial score (nSPS) is 15.8. The smallest absolute Gasteiger partial charge is 0.213 e. The van der Waals surface area contributed by atoms with Gasteiger partial charge in [-0.3, -0.25) is 9.13 Å². The lowest BCUT2D eigenvalue weighted by atomic mass is 10.1. The van der Waals surface area contributed by atoms with Crippen LogP contribution in [-0.4, -0.2) is 77.5 Å². The molecule has 2 aliphatic rings. The summed E-state index contributed by atoms with van der Waals surface area (Å²) in [5.41, 5.74) is 7.33. The van der Waals surface area contributed by atoms with Gasteiger partial charge in [0.15, 0.2) is 46.4 Å². The number of likely N-dealkylation sites (N-methyl/N-ethyl adjacent to an activating group) is 1. The predicted molar refractivity (Wildman–Crippen MR) is 292 cm³/mol. The zero-order valence-corrected chi connectivity index (χ0v) is 44.7. The highest BCUT2D eigenvalue weighted by atomic mass is 32.2. The zero-order chi connectivity index (χ0) is 46.5. The molecule has 13 heteroatoms. The van der Waals surface area contributed by atoms with Crippen molar-refractivity contribution >= 4 is 72.7 Å². The van der Waals surface area contributed by atoms with Crippen molar-refractivity contribution in [2.24, 2.45) is 0 Å². The van der Waals surface area contributed by atoms with Crippen LogP contribution in [0.25, 0.3) is 23.1 Å². The fourth-order valence-corrected chi connectivity index (χ4v) is 13.2. The molecule has 0 bridgehead atoms. The van der Waals surface area contributed by atoms with Crippen LogP contribution in [0.4, 0.5) is 11.4 Å². The maximum atomic E-state index is 12.7. The molecule has 0 fully saturated rings. The van der Waals surface area contributed by atoms with Crippen LogP contribution in [0.15, 0.2) is 160 Å². The number of fused-ring (bicyclic) bond motifs is 3. The summed E-state index contributed by atoms with van der Waals surface area (Å²) in [6.45, 7) is 12.8.